The standard InChI is InChI=1S/C19H16I2N2O2S/c1-3-11-6-4-5-7-15(11)22-19-23(2)18(25)16(26-19)9-12-8-13(20)10-14(21)17(12)24/h4-10,24H,3H2,1-2H3/b16-9+,22-19?. The van der Waals surface area contributed by atoms with Gasteiger partial charge in [0, 0.05) is 16.2 Å². The van der Waals surface area contributed by atoms with Gasteiger partial charge in [-0.1, -0.05) is 25.1 Å². The number of phenols is 1. The summed E-state index contributed by atoms with van der Waals surface area (Å²) in [5.74, 6) is 0.0762. The Morgan fingerprint density at radius 3 is 2.73 bits per heavy atom. The Morgan fingerprint density at radius 2 is 2.00 bits per heavy atom. The molecule has 1 amide bonds. The van der Waals surface area contributed by atoms with Crippen molar-refractivity contribution in [3.63, 3.8) is 0 Å². The summed E-state index contributed by atoms with van der Waals surface area (Å²) < 4.78 is 1.77. The molecule has 1 heterocycles. The molecule has 1 N–H and O–H groups in total. The highest BCUT2D eigenvalue weighted by Gasteiger charge is 2.30. The van der Waals surface area contributed by atoms with Crippen molar-refractivity contribution in [1.29, 1.82) is 0 Å². The minimum Gasteiger partial charge on any atom is -0.506 e. The van der Waals surface area contributed by atoms with E-state index in [9.17, 15) is 9.90 Å². The summed E-state index contributed by atoms with van der Waals surface area (Å²) in [6, 6.07) is 11.7. The maximum atomic E-state index is 12.6. The molecule has 1 saturated heterocycles. The fourth-order valence-corrected chi connectivity index (χ4v) is 5.37. The van der Waals surface area contributed by atoms with Gasteiger partial charge < -0.3 is 5.11 Å². The van der Waals surface area contributed by atoms with Gasteiger partial charge in [0.15, 0.2) is 5.17 Å². The lowest BCUT2D eigenvalue weighted by atomic mass is 10.1. The van der Waals surface area contributed by atoms with Gasteiger partial charge in [0.2, 0.25) is 0 Å². The number of carbonyl (C=O) groups excluding carboxylic acids is 1. The van der Waals surface area contributed by atoms with Crippen LogP contribution < -0.4 is 0 Å². The second-order valence-corrected chi connectivity index (χ2v) is 9.09. The number of phenolic OH excluding ortho intramolecular Hbond substituents is 1. The number of carbonyl (C=O) groups is 1. The summed E-state index contributed by atoms with van der Waals surface area (Å²) in [6.07, 6.45) is 2.62. The van der Waals surface area contributed by atoms with E-state index in [0.29, 0.717) is 15.6 Å². The van der Waals surface area contributed by atoms with E-state index in [1.165, 1.54) is 11.8 Å². The van der Waals surface area contributed by atoms with Crippen molar-refractivity contribution in [1.82, 2.24) is 4.90 Å². The number of hydrogen-bond acceptors (Lipinski definition) is 4. The van der Waals surface area contributed by atoms with Crippen LogP contribution in [0.4, 0.5) is 5.69 Å². The molecule has 3 rings (SSSR count). The van der Waals surface area contributed by atoms with Gasteiger partial charge in [0.05, 0.1) is 14.2 Å². The van der Waals surface area contributed by atoms with Crippen LogP contribution in [0.2, 0.25) is 0 Å². The third-order valence-corrected chi connectivity index (χ3v) is 6.44. The maximum Gasteiger partial charge on any atom is 0.266 e. The summed E-state index contributed by atoms with van der Waals surface area (Å²) in [6.45, 7) is 2.09. The van der Waals surface area contributed by atoms with Gasteiger partial charge in [-0.2, -0.15) is 0 Å². The molecule has 2 aromatic rings. The van der Waals surface area contributed by atoms with Crippen molar-refractivity contribution in [3.05, 3.63) is 59.6 Å². The Kier molecular flexibility index (Phi) is 6.29. The lowest BCUT2D eigenvalue weighted by Gasteiger charge is -2.08. The highest BCUT2D eigenvalue weighted by Crippen LogP contribution is 2.36. The van der Waals surface area contributed by atoms with Crippen molar-refractivity contribution < 1.29 is 9.90 Å². The Bertz CT molecular complexity index is 941. The van der Waals surface area contributed by atoms with Crippen LogP contribution in [0, 0.1) is 7.14 Å². The van der Waals surface area contributed by atoms with Crippen LogP contribution in [0.25, 0.3) is 6.08 Å². The number of benzene rings is 2. The van der Waals surface area contributed by atoms with E-state index in [-0.39, 0.29) is 11.7 Å². The molecule has 0 saturated carbocycles. The van der Waals surface area contributed by atoms with Crippen LogP contribution in [0.5, 0.6) is 5.75 Å². The quantitative estimate of drug-likeness (QED) is 0.385. The summed E-state index contributed by atoms with van der Waals surface area (Å²) in [4.78, 5) is 19.4. The molecule has 1 aliphatic rings. The number of aliphatic imine (C=N–C) groups is 1. The zero-order valence-corrected chi connectivity index (χ0v) is 19.3. The van der Waals surface area contributed by atoms with E-state index < -0.39 is 0 Å². The van der Waals surface area contributed by atoms with Gasteiger partial charge >= 0.3 is 0 Å². The molecule has 0 bridgehead atoms. The van der Waals surface area contributed by atoms with Crippen LogP contribution in [0.1, 0.15) is 18.1 Å². The number of hydrogen-bond donors (Lipinski definition) is 1. The highest BCUT2D eigenvalue weighted by atomic mass is 127. The van der Waals surface area contributed by atoms with Gasteiger partial charge in [-0.05, 0) is 93.2 Å². The summed E-state index contributed by atoms with van der Waals surface area (Å²) >= 11 is 5.62. The second-order valence-electron chi connectivity index (χ2n) is 5.68. The number of nitrogens with zero attached hydrogens (tertiary/aromatic N) is 2. The fraction of sp³-hybridized carbons (Fsp3) is 0.158. The van der Waals surface area contributed by atoms with Crippen LogP contribution in [0.3, 0.4) is 0 Å². The van der Waals surface area contributed by atoms with Crippen LogP contribution in [-0.4, -0.2) is 28.1 Å². The minimum absolute atomic E-state index is 0.115. The highest BCUT2D eigenvalue weighted by molar-refractivity contribution is 14.1. The molecular formula is C19H16I2N2O2S. The molecule has 7 heteroatoms. The molecule has 0 radical (unpaired) electrons. The predicted octanol–water partition coefficient (Wildman–Crippen LogP) is 5.40. The van der Waals surface area contributed by atoms with Gasteiger partial charge in [-0.15, -0.1) is 0 Å². The monoisotopic (exact) mass is 590 g/mol. The van der Waals surface area contributed by atoms with E-state index in [2.05, 4.69) is 57.1 Å². The SMILES string of the molecule is CCc1ccccc1N=C1S/C(=C/c2cc(I)cc(I)c2O)C(=O)N1C. The first-order valence-electron chi connectivity index (χ1n) is 7.93. The van der Waals surface area contributed by atoms with Crippen molar-refractivity contribution in [3.8, 4) is 5.75 Å². The second kappa shape index (κ2) is 8.30. The molecule has 0 aliphatic carbocycles. The molecule has 0 atom stereocenters. The largest absolute Gasteiger partial charge is 0.506 e. The number of para-hydroxylation sites is 1. The normalized spacial score (nSPS) is 17.5. The minimum atomic E-state index is -0.115. The number of amidine groups is 1. The summed E-state index contributed by atoms with van der Waals surface area (Å²) in [5, 5.41) is 10.9. The van der Waals surface area contributed by atoms with Crippen LogP contribution in [0.15, 0.2) is 46.3 Å². The zero-order chi connectivity index (χ0) is 18.8. The Morgan fingerprint density at radius 1 is 1.27 bits per heavy atom. The van der Waals surface area contributed by atoms with Crippen LogP contribution >= 0.6 is 56.9 Å². The first-order valence-corrected chi connectivity index (χ1v) is 10.9. The van der Waals surface area contributed by atoms with Gasteiger partial charge in [-0.25, -0.2) is 4.99 Å². The first kappa shape index (κ1) is 19.7. The Labute approximate surface area is 184 Å². The van der Waals surface area contributed by atoms with Gasteiger partial charge in [0.1, 0.15) is 5.75 Å². The molecule has 1 fully saturated rings. The molecular weight excluding hydrogens is 574 g/mol. The number of thioether (sulfide) groups is 1. The van der Waals surface area contributed by atoms with Crippen molar-refractivity contribution >= 4 is 79.8 Å². The van der Waals surface area contributed by atoms with Crippen molar-refractivity contribution in [2.24, 2.45) is 4.99 Å². The smallest absolute Gasteiger partial charge is 0.266 e. The van der Waals surface area contributed by atoms with E-state index in [1.807, 2.05) is 36.4 Å². The van der Waals surface area contributed by atoms with E-state index >= 15 is 0 Å². The average molecular weight is 590 g/mol. The number of likely N-dealkylation sites (N-methyl/N-ethyl adjacent to an activating group) is 1. The number of aromatic hydroxyl groups is 1. The third-order valence-electron chi connectivity index (χ3n) is 3.94. The summed E-state index contributed by atoms with van der Waals surface area (Å²) in [7, 11) is 1.72. The predicted molar refractivity (Wildman–Crippen MR) is 125 cm³/mol. The lowest BCUT2D eigenvalue weighted by molar-refractivity contribution is -0.121. The number of halogens is 2. The fourth-order valence-electron chi connectivity index (χ4n) is 2.51. The summed E-state index contributed by atoms with van der Waals surface area (Å²) in [5.41, 5.74) is 2.66. The number of amides is 1. The van der Waals surface area contributed by atoms with Crippen molar-refractivity contribution in [2.75, 3.05) is 7.05 Å². The van der Waals surface area contributed by atoms with Gasteiger partial charge in [-0.3, -0.25) is 9.69 Å². The Balaban J connectivity index is 1.98. The first-order chi connectivity index (χ1) is 12.4. The average Bonchev–Trinajstić information content (AvgIpc) is 2.87. The molecule has 0 aromatic heterocycles. The van der Waals surface area contributed by atoms with Crippen molar-refractivity contribution in [2.45, 2.75) is 13.3 Å². The van der Waals surface area contributed by atoms with E-state index in [0.717, 1.165) is 24.8 Å². The molecule has 26 heavy (non-hydrogen) atoms. The molecule has 2 aromatic carbocycles. The third kappa shape index (κ3) is 4.09. The lowest BCUT2D eigenvalue weighted by Crippen LogP contribution is -2.23. The molecule has 134 valence electrons. The molecule has 4 nitrogen and oxygen atoms in total. The van der Waals surface area contributed by atoms with E-state index in [4.69, 9.17) is 0 Å². The van der Waals surface area contributed by atoms with Crippen LogP contribution in [-0.2, 0) is 11.2 Å². The molecule has 0 unspecified atom stereocenters. The Hall–Kier alpha value is -1.07. The van der Waals surface area contributed by atoms with E-state index in [1.54, 1.807) is 18.0 Å². The number of rotatable bonds is 3. The van der Waals surface area contributed by atoms with Gasteiger partial charge in [0.25, 0.3) is 5.91 Å². The number of aryl methyl sites for hydroxylation is 1. The zero-order valence-electron chi connectivity index (χ0n) is 14.2. The molecule has 1 aliphatic heterocycles. The molecule has 0 spiro atoms. The maximum absolute atomic E-state index is 12.6. The topological polar surface area (TPSA) is 52.9 Å².